The molecule has 1 aliphatic heterocycles. The number of nitrogens with one attached hydrogen (secondary N) is 1. The lowest BCUT2D eigenvalue weighted by Gasteiger charge is -2.27. The minimum Gasteiger partial charge on any atom is -0.390 e. The molecular weight excluding hydrogens is 402 g/mol. The second-order valence-corrected chi connectivity index (χ2v) is 10.6. The van der Waals surface area contributed by atoms with Crippen LogP contribution in [0, 0.1) is 11.8 Å². The molecule has 2 heterocycles. The average molecular weight is 432 g/mol. The number of nitrogens with zero attached hydrogens (tertiary/aromatic N) is 2. The summed E-state index contributed by atoms with van der Waals surface area (Å²) in [6.07, 6.45) is 4.05. The van der Waals surface area contributed by atoms with Crippen molar-refractivity contribution in [2.75, 3.05) is 30.6 Å². The third-order valence-corrected chi connectivity index (χ3v) is 6.78. The molecule has 1 aromatic carbocycles. The quantitative estimate of drug-likeness (QED) is 0.618. The fourth-order valence-electron chi connectivity index (χ4n) is 5.04. The molecule has 1 saturated heterocycles. The van der Waals surface area contributed by atoms with Crippen LogP contribution < -0.4 is 4.72 Å². The van der Waals surface area contributed by atoms with E-state index in [0.717, 1.165) is 32.2 Å². The normalized spacial score (nSPS) is 27.7. The first-order chi connectivity index (χ1) is 14.2. The number of benzene rings is 1. The number of β-amino-alcohol motifs (C(OH)–C–C–N with tert-alkyl or cyclic N) is 1. The summed E-state index contributed by atoms with van der Waals surface area (Å²) in [6, 6.07) is 13.4. The third kappa shape index (κ3) is 5.18. The van der Waals surface area contributed by atoms with E-state index in [4.69, 9.17) is 0 Å². The second-order valence-electron chi connectivity index (χ2n) is 8.90. The summed E-state index contributed by atoms with van der Waals surface area (Å²) < 4.78 is 24.9. The number of hydrogen-bond donors (Lipinski definition) is 3. The van der Waals surface area contributed by atoms with E-state index < -0.39 is 21.7 Å². The predicted molar refractivity (Wildman–Crippen MR) is 115 cm³/mol. The molecule has 0 bridgehead atoms. The topological polar surface area (TPSA) is 103 Å². The van der Waals surface area contributed by atoms with Gasteiger partial charge in [0, 0.05) is 26.1 Å². The van der Waals surface area contributed by atoms with Crippen molar-refractivity contribution in [1.82, 2.24) is 9.88 Å². The Hall–Kier alpha value is -2.00. The second kappa shape index (κ2) is 8.26. The molecule has 4 rings (SSSR count). The van der Waals surface area contributed by atoms with Crippen LogP contribution >= 0.6 is 0 Å². The molecule has 7 nitrogen and oxygen atoms in total. The summed E-state index contributed by atoms with van der Waals surface area (Å²) in [4.78, 5) is 6.45. The number of aromatic nitrogens is 1. The van der Waals surface area contributed by atoms with Crippen molar-refractivity contribution in [2.45, 2.75) is 31.0 Å². The number of pyridine rings is 1. The highest BCUT2D eigenvalue weighted by Gasteiger charge is 2.48. The zero-order valence-corrected chi connectivity index (χ0v) is 17.9. The molecule has 2 fully saturated rings. The van der Waals surface area contributed by atoms with Crippen molar-refractivity contribution in [3.63, 3.8) is 0 Å². The van der Waals surface area contributed by atoms with E-state index >= 15 is 0 Å². The van der Waals surface area contributed by atoms with Gasteiger partial charge >= 0.3 is 0 Å². The van der Waals surface area contributed by atoms with E-state index in [-0.39, 0.29) is 0 Å². The highest BCUT2D eigenvalue weighted by Crippen LogP contribution is 2.45. The number of rotatable bonds is 7. The van der Waals surface area contributed by atoms with Crippen molar-refractivity contribution in [1.29, 1.82) is 0 Å². The van der Waals surface area contributed by atoms with Crippen molar-refractivity contribution in [2.24, 2.45) is 11.8 Å². The standard InChI is InChI=1S/C22H29N3O4S/c1-30(28,29)24-19-7-8-20(23-12-19)21(26)15-25-13-17-10-22(27,11-18(17)14-25)9-16-5-3-2-4-6-16/h2-8,12,17-18,21,24,26-27H,9-11,13-15H2,1H3/t17-,18+,21?,22?. The smallest absolute Gasteiger partial charge is 0.229 e. The zero-order chi connectivity index (χ0) is 21.4. The van der Waals surface area contributed by atoms with Crippen LogP contribution in [0.15, 0.2) is 48.7 Å². The average Bonchev–Trinajstić information content (AvgIpc) is 3.15. The van der Waals surface area contributed by atoms with Gasteiger partial charge < -0.3 is 10.2 Å². The van der Waals surface area contributed by atoms with Crippen LogP contribution in [0.25, 0.3) is 0 Å². The predicted octanol–water partition coefficient (Wildman–Crippen LogP) is 1.80. The number of hydrogen-bond acceptors (Lipinski definition) is 6. The number of anilines is 1. The van der Waals surface area contributed by atoms with E-state index in [1.807, 2.05) is 18.2 Å². The number of aliphatic hydroxyl groups excluding tert-OH is 1. The Morgan fingerprint density at radius 1 is 1.17 bits per heavy atom. The maximum absolute atomic E-state index is 11.3. The van der Waals surface area contributed by atoms with Crippen LogP contribution in [-0.2, 0) is 16.4 Å². The van der Waals surface area contributed by atoms with Gasteiger partial charge in [0.15, 0.2) is 0 Å². The van der Waals surface area contributed by atoms with Gasteiger partial charge in [0.25, 0.3) is 0 Å². The summed E-state index contributed by atoms with van der Waals surface area (Å²) >= 11 is 0. The van der Waals surface area contributed by atoms with Crippen LogP contribution in [0.3, 0.4) is 0 Å². The fraction of sp³-hybridized carbons (Fsp3) is 0.500. The molecule has 0 amide bonds. The summed E-state index contributed by atoms with van der Waals surface area (Å²) in [5.74, 6) is 0.889. The third-order valence-electron chi connectivity index (χ3n) is 6.17. The molecule has 0 radical (unpaired) electrons. The number of likely N-dealkylation sites (tertiary alicyclic amines) is 1. The summed E-state index contributed by atoms with van der Waals surface area (Å²) in [5, 5.41) is 21.6. The van der Waals surface area contributed by atoms with Gasteiger partial charge in [0.1, 0.15) is 6.10 Å². The Balaban J connectivity index is 1.30. The molecule has 3 N–H and O–H groups in total. The first-order valence-electron chi connectivity index (χ1n) is 10.3. The van der Waals surface area contributed by atoms with Gasteiger partial charge in [-0.05, 0) is 42.4 Å². The van der Waals surface area contributed by atoms with Gasteiger partial charge in [-0.1, -0.05) is 30.3 Å². The molecule has 2 aromatic rings. The minimum absolute atomic E-state index is 0.377. The largest absolute Gasteiger partial charge is 0.390 e. The van der Waals surface area contributed by atoms with Gasteiger partial charge in [-0.15, -0.1) is 0 Å². The molecule has 4 atom stereocenters. The number of sulfonamides is 1. The van der Waals surface area contributed by atoms with Crippen LogP contribution in [0.4, 0.5) is 5.69 Å². The maximum atomic E-state index is 11.3. The molecule has 0 spiro atoms. The van der Waals surface area contributed by atoms with Gasteiger partial charge in [0.05, 0.1) is 29.4 Å². The molecule has 30 heavy (non-hydrogen) atoms. The molecular formula is C22H29N3O4S. The number of fused-ring (bicyclic) bond motifs is 1. The van der Waals surface area contributed by atoms with Crippen LogP contribution in [0.2, 0.25) is 0 Å². The first kappa shape index (κ1) is 21.2. The summed E-state index contributed by atoms with van der Waals surface area (Å²) in [7, 11) is -3.35. The zero-order valence-electron chi connectivity index (χ0n) is 17.1. The first-order valence-corrected chi connectivity index (χ1v) is 12.2. The van der Waals surface area contributed by atoms with Crippen molar-refractivity contribution in [3.05, 3.63) is 59.9 Å². The van der Waals surface area contributed by atoms with Gasteiger partial charge in [0.2, 0.25) is 10.0 Å². The Kier molecular flexibility index (Phi) is 5.85. The molecule has 1 aromatic heterocycles. The van der Waals surface area contributed by atoms with Crippen LogP contribution in [0.5, 0.6) is 0 Å². The van der Waals surface area contributed by atoms with Gasteiger partial charge in [-0.25, -0.2) is 8.42 Å². The van der Waals surface area contributed by atoms with Gasteiger partial charge in [-0.3, -0.25) is 14.6 Å². The lowest BCUT2D eigenvalue weighted by Crippen LogP contribution is -2.33. The van der Waals surface area contributed by atoms with E-state index in [1.54, 1.807) is 12.1 Å². The van der Waals surface area contributed by atoms with Crippen LogP contribution in [0.1, 0.15) is 30.2 Å². The van der Waals surface area contributed by atoms with E-state index in [0.29, 0.717) is 36.2 Å². The highest BCUT2D eigenvalue weighted by atomic mass is 32.2. The summed E-state index contributed by atoms with van der Waals surface area (Å²) in [6.45, 7) is 2.22. The van der Waals surface area contributed by atoms with E-state index in [1.165, 1.54) is 11.8 Å². The van der Waals surface area contributed by atoms with E-state index in [9.17, 15) is 18.6 Å². The Morgan fingerprint density at radius 3 is 2.40 bits per heavy atom. The van der Waals surface area contributed by atoms with Crippen LogP contribution in [-0.4, -0.2) is 60.0 Å². The molecule has 1 aliphatic carbocycles. The highest BCUT2D eigenvalue weighted by molar-refractivity contribution is 7.92. The minimum atomic E-state index is -3.35. The number of aliphatic hydroxyl groups is 2. The molecule has 2 aliphatic rings. The van der Waals surface area contributed by atoms with Crippen molar-refractivity contribution < 1.29 is 18.6 Å². The molecule has 1 saturated carbocycles. The van der Waals surface area contributed by atoms with Gasteiger partial charge in [-0.2, -0.15) is 0 Å². The Morgan fingerprint density at radius 2 is 1.83 bits per heavy atom. The Bertz CT molecular complexity index is 952. The lowest BCUT2D eigenvalue weighted by molar-refractivity contribution is 0.0327. The van der Waals surface area contributed by atoms with Crippen molar-refractivity contribution >= 4 is 15.7 Å². The molecule has 8 heteroatoms. The summed E-state index contributed by atoms with van der Waals surface area (Å²) in [5.41, 5.74) is 1.44. The van der Waals surface area contributed by atoms with Crippen molar-refractivity contribution in [3.8, 4) is 0 Å². The SMILES string of the molecule is CS(=O)(=O)Nc1ccc(C(O)CN2C[C@@H]3CC(O)(Cc4ccccc4)C[C@@H]3C2)nc1. The fourth-order valence-corrected chi connectivity index (χ4v) is 5.59. The maximum Gasteiger partial charge on any atom is 0.229 e. The molecule has 162 valence electrons. The molecule has 2 unspecified atom stereocenters. The lowest BCUT2D eigenvalue weighted by atomic mass is 9.91. The van der Waals surface area contributed by atoms with E-state index in [2.05, 4.69) is 26.7 Å². The monoisotopic (exact) mass is 431 g/mol. The Labute approximate surface area is 177 Å².